The van der Waals surface area contributed by atoms with Gasteiger partial charge in [0.25, 0.3) is 11.8 Å². The van der Waals surface area contributed by atoms with Crippen LogP contribution in [0.4, 0.5) is 10.5 Å². The number of amides is 4. The molecule has 194 valence electrons. The molecule has 0 spiro atoms. The van der Waals surface area contributed by atoms with Gasteiger partial charge in [0.15, 0.2) is 11.5 Å². The molecular formula is C28H23ClN2O7. The minimum Gasteiger partial charge on any atom is -0.490 e. The summed E-state index contributed by atoms with van der Waals surface area (Å²) in [6, 6.07) is 17.3. The topological polar surface area (TPSA) is 111 Å². The first-order valence-corrected chi connectivity index (χ1v) is 11.9. The molecular weight excluding hydrogens is 512 g/mol. The number of benzene rings is 3. The zero-order chi connectivity index (χ0) is 27.2. The molecule has 38 heavy (non-hydrogen) atoms. The minimum absolute atomic E-state index is 0.163. The molecule has 0 aromatic heterocycles. The Kier molecular flexibility index (Phi) is 8.08. The van der Waals surface area contributed by atoms with Crippen molar-refractivity contribution in [2.75, 3.05) is 18.6 Å². The van der Waals surface area contributed by atoms with Gasteiger partial charge in [-0.3, -0.25) is 14.9 Å². The highest BCUT2D eigenvalue weighted by Gasteiger charge is 2.37. The molecule has 0 unspecified atom stereocenters. The van der Waals surface area contributed by atoms with E-state index >= 15 is 0 Å². The van der Waals surface area contributed by atoms with Gasteiger partial charge in [-0.05, 0) is 60.5 Å². The smallest absolute Gasteiger partial charge is 0.337 e. The Morgan fingerprint density at radius 1 is 1.00 bits per heavy atom. The molecule has 0 bridgehead atoms. The summed E-state index contributed by atoms with van der Waals surface area (Å²) in [5.41, 5.74) is 1.43. The molecule has 10 heteroatoms. The quantitative estimate of drug-likeness (QED) is 0.252. The average Bonchev–Trinajstić information content (AvgIpc) is 2.91. The predicted molar refractivity (Wildman–Crippen MR) is 140 cm³/mol. The van der Waals surface area contributed by atoms with Crippen molar-refractivity contribution < 1.29 is 33.4 Å². The van der Waals surface area contributed by atoms with Gasteiger partial charge in [0.1, 0.15) is 12.2 Å². The van der Waals surface area contributed by atoms with Crippen LogP contribution in [0.1, 0.15) is 28.4 Å². The van der Waals surface area contributed by atoms with Crippen molar-refractivity contribution in [2.45, 2.75) is 13.5 Å². The van der Waals surface area contributed by atoms with E-state index in [2.05, 4.69) is 10.1 Å². The number of ether oxygens (including phenoxy) is 3. The van der Waals surface area contributed by atoms with Crippen molar-refractivity contribution >= 4 is 47.2 Å². The summed E-state index contributed by atoms with van der Waals surface area (Å²) >= 11 is 6.50. The summed E-state index contributed by atoms with van der Waals surface area (Å²) in [7, 11) is 1.24. The zero-order valence-electron chi connectivity index (χ0n) is 20.5. The van der Waals surface area contributed by atoms with E-state index in [0.717, 1.165) is 10.5 Å². The van der Waals surface area contributed by atoms with Crippen LogP contribution < -0.4 is 19.7 Å². The number of urea groups is 1. The summed E-state index contributed by atoms with van der Waals surface area (Å²) in [5, 5.41) is 2.38. The van der Waals surface area contributed by atoms with Gasteiger partial charge in [-0.25, -0.2) is 14.5 Å². The van der Waals surface area contributed by atoms with E-state index in [-0.39, 0.29) is 28.5 Å². The number of imide groups is 2. The van der Waals surface area contributed by atoms with E-state index in [9.17, 15) is 19.2 Å². The van der Waals surface area contributed by atoms with Crippen LogP contribution >= 0.6 is 11.6 Å². The van der Waals surface area contributed by atoms with E-state index < -0.39 is 23.8 Å². The van der Waals surface area contributed by atoms with Gasteiger partial charge in [-0.1, -0.05) is 41.9 Å². The average molecular weight is 535 g/mol. The van der Waals surface area contributed by atoms with Gasteiger partial charge in [0.2, 0.25) is 0 Å². The van der Waals surface area contributed by atoms with Crippen molar-refractivity contribution in [3.63, 3.8) is 0 Å². The van der Waals surface area contributed by atoms with Crippen LogP contribution in [0.5, 0.6) is 11.5 Å². The monoisotopic (exact) mass is 534 g/mol. The Balaban J connectivity index is 1.64. The largest absolute Gasteiger partial charge is 0.490 e. The fourth-order valence-corrected chi connectivity index (χ4v) is 4.00. The standard InChI is InChI=1S/C28H23ClN2O7/c1-3-37-23-15-18(14-22(29)24(23)38-16-17-7-5-4-6-8-17)13-21-25(32)30-28(35)31(26(21)33)20-11-9-19(10-12-20)27(34)36-2/h4-15H,3,16H2,1-2H3,(H,30,32,35)/b21-13+. The van der Waals surface area contributed by atoms with Crippen molar-refractivity contribution in [3.05, 3.63) is 94.0 Å². The van der Waals surface area contributed by atoms with E-state index in [0.29, 0.717) is 23.7 Å². The first-order chi connectivity index (χ1) is 18.3. The van der Waals surface area contributed by atoms with Crippen LogP contribution in [0.2, 0.25) is 5.02 Å². The molecule has 0 aliphatic carbocycles. The second kappa shape index (κ2) is 11.6. The molecule has 4 amide bonds. The van der Waals surface area contributed by atoms with Crippen LogP contribution in [-0.4, -0.2) is 37.5 Å². The van der Waals surface area contributed by atoms with Crippen molar-refractivity contribution in [3.8, 4) is 11.5 Å². The van der Waals surface area contributed by atoms with E-state index in [1.165, 1.54) is 43.5 Å². The third-order valence-electron chi connectivity index (χ3n) is 5.52. The summed E-state index contributed by atoms with van der Waals surface area (Å²) < 4.78 is 16.3. The summed E-state index contributed by atoms with van der Waals surface area (Å²) in [4.78, 5) is 50.9. The lowest BCUT2D eigenvalue weighted by atomic mass is 10.1. The van der Waals surface area contributed by atoms with Gasteiger partial charge in [0.05, 0.1) is 30.0 Å². The molecule has 4 rings (SSSR count). The third-order valence-corrected chi connectivity index (χ3v) is 5.80. The molecule has 1 aliphatic rings. The number of hydrogen-bond acceptors (Lipinski definition) is 7. The van der Waals surface area contributed by atoms with Gasteiger partial charge in [-0.15, -0.1) is 0 Å². The predicted octanol–water partition coefficient (Wildman–Crippen LogP) is 4.77. The Morgan fingerprint density at radius 2 is 1.71 bits per heavy atom. The molecule has 1 fully saturated rings. The lowest BCUT2D eigenvalue weighted by molar-refractivity contribution is -0.122. The summed E-state index contributed by atoms with van der Waals surface area (Å²) in [6.45, 7) is 2.38. The molecule has 3 aromatic carbocycles. The highest BCUT2D eigenvalue weighted by Crippen LogP contribution is 2.38. The first kappa shape index (κ1) is 26.4. The number of anilines is 1. The fraction of sp³-hybridized carbons (Fsp3) is 0.143. The summed E-state index contributed by atoms with van der Waals surface area (Å²) in [6.07, 6.45) is 1.31. The van der Waals surface area contributed by atoms with Crippen LogP contribution in [-0.2, 0) is 20.9 Å². The number of esters is 1. The fourth-order valence-electron chi connectivity index (χ4n) is 3.73. The molecule has 1 N–H and O–H groups in total. The molecule has 3 aromatic rings. The number of nitrogens with one attached hydrogen (secondary N) is 1. The molecule has 0 saturated carbocycles. The highest BCUT2D eigenvalue weighted by molar-refractivity contribution is 6.39. The first-order valence-electron chi connectivity index (χ1n) is 11.5. The molecule has 0 atom stereocenters. The van der Waals surface area contributed by atoms with E-state index in [1.54, 1.807) is 13.0 Å². The van der Waals surface area contributed by atoms with Crippen molar-refractivity contribution in [2.24, 2.45) is 0 Å². The van der Waals surface area contributed by atoms with Gasteiger partial charge < -0.3 is 14.2 Å². The van der Waals surface area contributed by atoms with Crippen LogP contribution in [0, 0.1) is 0 Å². The normalized spacial score (nSPS) is 14.3. The lowest BCUT2D eigenvalue weighted by Gasteiger charge is -2.26. The number of rotatable bonds is 8. The van der Waals surface area contributed by atoms with Crippen molar-refractivity contribution in [1.29, 1.82) is 0 Å². The molecule has 0 radical (unpaired) electrons. The highest BCUT2D eigenvalue weighted by atomic mass is 35.5. The number of hydrogen-bond donors (Lipinski definition) is 1. The Hall–Kier alpha value is -4.63. The molecule has 1 saturated heterocycles. The third kappa shape index (κ3) is 5.68. The number of barbiturate groups is 1. The molecule has 1 heterocycles. The number of carbonyl (C=O) groups is 4. The second-order valence-corrected chi connectivity index (χ2v) is 8.44. The Bertz CT molecular complexity index is 1420. The van der Waals surface area contributed by atoms with Gasteiger partial charge in [-0.2, -0.15) is 0 Å². The molecule has 9 nitrogen and oxygen atoms in total. The van der Waals surface area contributed by atoms with Gasteiger partial charge >= 0.3 is 12.0 Å². The maximum absolute atomic E-state index is 13.2. The van der Waals surface area contributed by atoms with E-state index in [4.69, 9.17) is 21.1 Å². The minimum atomic E-state index is -0.916. The molecule has 1 aliphatic heterocycles. The Labute approximate surface area is 223 Å². The van der Waals surface area contributed by atoms with Crippen LogP contribution in [0.15, 0.2) is 72.3 Å². The SMILES string of the molecule is CCOc1cc(/C=C2\C(=O)NC(=O)N(c3ccc(C(=O)OC)cc3)C2=O)cc(Cl)c1OCc1ccccc1. The van der Waals surface area contributed by atoms with Crippen LogP contribution in [0.3, 0.4) is 0 Å². The number of halogens is 1. The lowest BCUT2D eigenvalue weighted by Crippen LogP contribution is -2.54. The second-order valence-electron chi connectivity index (χ2n) is 8.03. The number of nitrogens with zero attached hydrogens (tertiary/aromatic N) is 1. The van der Waals surface area contributed by atoms with E-state index in [1.807, 2.05) is 30.3 Å². The number of methoxy groups -OCH3 is 1. The van der Waals surface area contributed by atoms with Crippen molar-refractivity contribution in [1.82, 2.24) is 5.32 Å². The van der Waals surface area contributed by atoms with Gasteiger partial charge in [0, 0.05) is 0 Å². The summed E-state index contributed by atoms with van der Waals surface area (Å²) in [5.74, 6) is -1.62. The Morgan fingerprint density at radius 3 is 2.37 bits per heavy atom. The zero-order valence-corrected chi connectivity index (χ0v) is 21.3. The van der Waals surface area contributed by atoms with Crippen LogP contribution in [0.25, 0.3) is 6.08 Å². The maximum atomic E-state index is 13.2. The number of carbonyl (C=O) groups excluding carboxylic acids is 4. The maximum Gasteiger partial charge on any atom is 0.337 e.